The van der Waals surface area contributed by atoms with Gasteiger partial charge >= 0.3 is 12.4 Å². The molecule has 22 heavy (non-hydrogen) atoms. The summed E-state index contributed by atoms with van der Waals surface area (Å²) < 4.78 is 100. The summed E-state index contributed by atoms with van der Waals surface area (Å²) in [5.41, 5.74) is -4.14. The van der Waals surface area contributed by atoms with Crippen molar-refractivity contribution >= 4 is 27.3 Å². The monoisotopic (exact) mass is 395 g/mol. The van der Waals surface area contributed by atoms with Crippen LogP contribution in [0.3, 0.4) is 0 Å². The van der Waals surface area contributed by atoms with Gasteiger partial charge in [-0.15, -0.1) is 0 Å². The maximum atomic E-state index is 13.4. The smallest absolute Gasteiger partial charge is 0.249 e. The maximum absolute atomic E-state index is 13.4. The van der Waals surface area contributed by atoms with E-state index in [0.29, 0.717) is 6.07 Å². The van der Waals surface area contributed by atoms with Gasteiger partial charge in [-0.25, -0.2) is 13.8 Å². The third-order valence-corrected chi connectivity index (χ3v) is 2.84. The quantitative estimate of drug-likeness (QED) is 0.438. The van der Waals surface area contributed by atoms with Crippen LogP contribution in [0.25, 0.3) is 0 Å². The molecule has 0 N–H and O–H groups in total. The molecule has 0 atom stereocenters. The molecule has 0 fully saturated rings. The molecule has 0 radical (unpaired) electrons. The van der Waals surface area contributed by atoms with Crippen molar-refractivity contribution in [2.24, 2.45) is 4.99 Å². The number of alkyl halides is 6. The van der Waals surface area contributed by atoms with Gasteiger partial charge in [0.05, 0.1) is 0 Å². The standard InChI is InChI=1S/C12H6BrF8N/c1-5(2-9(11(16,17)18)12(19,20)21)22-10-7(13)3-6(14)4-8(10)15/h2-4H,1H3. The highest BCUT2D eigenvalue weighted by Gasteiger charge is 2.50. The Labute approximate surface area is 127 Å². The molecule has 0 saturated carbocycles. The predicted molar refractivity (Wildman–Crippen MR) is 67.0 cm³/mol. The summed E-state index contributed by atoms with van der Waals surface area (Å²) in [6.45, 7) is 0.826. The molecule has 0 heterocycles. The molecule has 1 nitrogen and oxygen atoms in total. The zero-order chi connectivity index (χ0) is 17.3. The molecule has 10 heteroatoms. The molecule has 0 saturated heterocycles. The van der Waals surface area contributed by atoms with Crippen molar-refractivity contribution in [1.29, 1.82) is 0 Å². The first-order valence-corrected chi connectivity index (χ1v) is 6.17. The second kappa shape index (κ2) is 6.35. The van der Waals surface area contributed by atoms with Crippen LogP contribution in [-0.2, 0) is 0 Å². The molecular formula is C12H6BrF8N. The molecule has 1 aromatic rings. The second-order valence-corrected chi connectivity index (χ2v) is 4.88. The lowest BCUT2D eigenvalue weighted by Crippen LogP contribution is -2.26. The number of hydrogen-bond donors (Lipinski definition) is 0. The van der Waals surface area contributed by atoms with Gasteiger partial charge in [0.1, 0.15) is 17.1 Å². The van der Waals surface area contributed by atoms with Crippen LogP contribution in [-0.4, -0.2) is 18.1 Å². The van der Waals surface area contributed by atoms with Crippen molar-refractivity contribution < 1.29 is 35.1 Å². The number of rotatable bonds is 2. The van der Waals surface area contributed by atoms with Crippen molar-refractivity contribution in [2.45, 2.75) is 19.3 Å². The van der Waals surface area contributed by atoms with Crippen molar-refractivity contribution in [2.75, 3.05) is 0 Å². The molecular weight excluding hydrogens is 390 g/mol. The van der Waals surface area contributed by atoms with E-state index in [1.54, 1.807) is 0 Å². The zero-order valence-corrected chi connectivity index (χ0v) is 12.2. The minimum atomic E-state index is -5.65. The Morgan fingerprint density at radius 1 is 1.05 bits per heavy atom. The molecule has 0 unspecified atom stereocenters. The molecule has 1 aromatic carbocycles. The maximum Gasteiger partial charge on any atom is 0.421 e. The van der Waals surface area contributed by atoms with Gasteiger partial charge in [-0.05, 0) is 35.0 Å². The lowest BCUT2D eigenvalue weighted by atomic mass is 10.2. The largest absolute Gasteiger partial charge is 0.421 e. The summed E-state index contributed by atoms with van der Waals surface area (Å²) in [5, 5.41) is 0. The Kier molecular flexibility index (Phi) is 5.37. The third-order valence-electron chi connectivity index (χ3n) is 2.23. The molecule has 0 aromatic heterocycles. The van der Waals surface area contributed by atoms with Gasteiger partial charge in [-0.1, -0.05) is 0 Å². The fraction of sp³-hybridized carbons (Fsp3) is 0.250. The van der Waals surface area contributed by atoms with Crippen LogP contribution in [0.1, 0.15) is 6.92 Å². The minimum absolute atomic E-state index is 0.252. The van der Waals surface area contributed by atoms with E-state index in [1.807, 2.05) is 0 Å². The highest BCUT2D eigenvalue weighted by Crippen LogP contribution is 2.39. The fourth-order valence-electron chi connectivity index (χ4n) is 1.38. The van der Waals surface area contributed by atoms with Crippen molar-refractivity contribution in [3.8, 4) is 0 Å². The summed E-state index contributed by atoms with van der Waals surface area (Å²) in [6, 6.07) is 1.17. The molecule has 0 bridgehead atoms. The van der Waals surface area contributed by atoms with Crippen LogP contribution in [0.5, 0.6) is 0 Å². The highest BCUT2D eigenvalue weighted by molar-refractivity contribution is 9.10. The van der Waals surface area contributed by atoms with E-state index in [2.05, 4.69) is 20.9 Å². The van der Waals surface area contributed by atoms with E-state index in [0.717, 1.165) is 13.0 Å². The van der Waals surface area contributed by atoms with Crippen molar-refractivity contribution in [1.82, 2.24) is 0 Å². The predicted octanol–water partition coefficient (Wildman–Crippen LogP) is 5.87. The van der Waals surface area contributed by atoms with E-state index in [4.69, 9.17) is 0 Å². The lowest BCUT2D eigenvalue weighted by Gasteiger charge is -2.14. The van der Waals surface area contributed by atoms with Gasteiger partial charge in [-0.2, -0.15) is 26.3 Å². The number of hydrogen-bond acceptors (Lipinski definition) is 1. The first kappa shape index (κ1) is 18.6. The Morgan fingerprint density at radius 3 is 1.95 bits per heavy atom. The van der Waals surface area contributed by atoms with Crippen LogP contribution in [0.4, 0.5) is 40.8 Å². The summed E-state index contributed by atoms with van der Waals surface area (Å²) >= 11 is 2.72. The average molecular weight is 396 g/mol. The topological polar surface area (TPSA) is 12.4 Å². The SMILES string of the molecule is CC(C=C(C(F)(F)F)C(F)(F)F)=Nc1c(F)cc(F)cc1Br. The average Bonchev–Trinajstić information content (AvgIpc) is 2.27. The van der Waals surface area contributed by atoms with Crippen molar-refractivity contribution in [3.05, 3.63) is 39.9 Å². The van der Waals surface area contributed by atoms with E-state index < -0.39 is 41.0 Å². The van der Waals surface area contributed by atoms with Crippen LogP contribution in [0.15, 0.2) is 33.2 Å². The lowest BCUT2D eigenvalue weighted by molar-refractivity contribution is -0.171. The molecule has 0 amide bonds. The first-order chi connectivity index (χ1) is 9.82. The van der Waals surface area contributed by atoms with E-state index >= 15 is 0 Å². The fourth-order valence-corrected chi connectivity index (χ4v) is 1.88. The van der Waals surface area contributed by atoms with Crippen LogP contribution in [0, 0.1) is 11.6 Å². The summed E-state index contributed by atoms with van der Waals surface area (Å²) in [6.07, 6.45) is -11.5. The molecule has 0 aliphatic heterocycles. The van der Waals surface area contributed by atoms with Crippen LogP contribution < -0.4 is 0 Å². The van der Waals surface area contributed by atoms with Gasteiger partial charge < -0.3 is 0 Å². The molecule has 122 valence electrons. The number of aliphatic imine (C=N–C) groups is 1. The summed E-state index contributed by atoms with van der Waals surface area (Å²) in [4.78, 5) is 3.32. The van der Waals surface area contributed by atoms with Gasteiger partial charge in [-0.3, -0.25) is 0 Å². The Morgan fingerprint density at radius 2 is 1.55 bits per heavy atom. The van der Waals surface area contributed by atoms with Gasteiger partial charge in [0.2, 0.25) is 0 Å². The molecule has 0 aliphatic carbocycles. The van der Waals surface area contributed by atoms with Gasteiger partial charge in [0.15, 0.2) is 5.82 Å². The Balaban J connectivity index is 3.36. The minimum Gasteiger partial charge on any atom is -0.249 e. The van der Waals surface area contributed by atoms with E-state index in [1.165, 1.54) is 0 Å². The third kappa shape index (κ3) is 4.79. The summed E-state index contributed by atoms with van der Waals surface area (Å²) in [7, 11) is 0. The second-order valence-electron chi connectivity index (χ2n) is 4.02. The number of benzene rings is 1. The Hall–Kier alpha value is -1.45. The van der Waals surface area contributed by atoms with Crippen LogP contribution in [0.2, 0.25) is 0 Å². The summed E-state index contributed by atoms with van der Waals surface area (Å²) in [5.74, 6) is -2.22. The first-order valence-electron chi connectivity index (χ1n) is 5.38. The number of allylic oxidation sites excluding steroid dienone is 2. The van der Waals surface area contributed by atoms with Crippen molar-refractivity contribution in [3.63, 3.8) is 0 Å². The molecule has 0 spiro atoms. The van der Waals surface area contributed by atoms with Crippen LogP contribution >= 0.6 is 15.9 Å². The Bertz CT molecular complexity index is 588. The zero-order valence-electron chi connectivity index (χ0n) is 10.6. The van der Waals surface area contributed by atoms with Gasteiger partial charge in [0, 0.05) is 16.3 Å². The number of nitrogens with zero attached hydrogens (tertiary/aromatic N) is 1. The molecule has 0 aliphatic rings. The number of halogens is 9. The van der Waals surface area contributed by atoms with Gasteiger partial charge in [0.25, 0.3) is 0 Å². The molecule has 1 rings (SSSR count). The van der Waals surface area contributed by atoms with E-state index in [-0.39, 0.29) is 10.5 Å². The highest BCUT2D eigenvalue weighted by atomic mass is 79.9. The normalized spacial score (nSPS) is 13.3. The van der Waals surface area contributed by atoms with E-state index in [9.17, 15) is 35.1 Å².